The lowest BCUT2D eigenvalue weighted by Crippen LogP contribution is -2.44. The normalized spacial score (nSPS) is 14.0. The van der Waals surface area contributed by atoms with Crippen LogP contribution in [0.25, 0.3) is 16.7 Å². The summed E-state index contributed by atoms with van der Waals surface area (Å²) in [5.74, 6) is 0.728. The number of methoxy groups -OCH3 is 1. The number of anilines is 1. The first-order chi connectivity index (χ1) is 22.7. The molecule has 1 aliphatic heterocycles. The topological polar surface area (TPSA) is 119 Å². The van der Waals surface area contributed by atoms with Gasteiger partial charge in [0.05, 0.1) is 24.9 Å². The van der Waals surface area contributed by atoms with Gasteiger partial charge >= 0.3 is 5.69 Å². The van der Waals surface area contributed by atoms with E-state index in [0.717, 1.165) is 39.1 Å². The van der Waals surface area contributed by atoms with Gasteiger partial charge in [0.25, 0.3) is 5.91 Å². The Balaban J connectivity index is 1.14. The molecule has 47 heavy (non-hydrogen) atoms. The molecule has 0 aliphatic carbocycles. The zero-order valence-electron chi connectivity index (χ0n) is 26.9. The molecule has 0 spiro atoms. The van der Waals surface area contributed by atoms with Gasteiger partial charge in [0, 0.05) is 75.4 Å². The zero-order chi connectivity index (χ0) is 33.1. The standard InChI is InChI=1S/C34H38FN7O5/c1-22-32(40(3)34(44)42(22)31-7-5-11-37-31)33(43)38-23-8-9-28(25(35)19-23)47-27-10-12-36-26-21-30(29(45-4)20-24(26)27)46-18-6-13-41-16-14-39(2)15-17-41/h5,7-12,19-21,37H,6,13-18H2,1-4H3,(H,38,43). The van der Waals surface area contributed by atoms with E-state index >= 15 is 4.39 Å². The summed E-state index contributed by atoms with van der Waals surface area (Å²) in [5.41, 5.74) is 1.02. The molecule has 1 saturated heterocycles. The van der Waals surface area contributed by atoms with Crippen molar-refractivity contribution in [3.05, 3.63) is 88.6 Å². The summed E-state index contributed by atoms with van der Waals surface area (Å²) in [6.07, 6.45) is 4.16. The number of carbonyl (C=O) groups is 1. The summed E-state index contributed by atoms with van der Waals surface area (Å²) < 4.78 is 35.7. The maximum absolute atomic E-state index is 15.3. The Labute approximate surface area is 271 Å². The van der Waals surface area contributed by atoms with Crippen LogP contribution in [0, 0.1) is 12.7 Å². The Morgan fingerprint density at radius 1 is 1.02 bits per heavy atom. The van der Waals surface area contributed by atoms with E-state index < -0.39 is 11.7 Å². The fraction of sp³-hybridized carbons (Fsp3) is 0.324. The maximum atomic E-state index is 15.3. The Bertz CT molecular complexity index is 1940. The van der Waals surface area contributed by atoms with E-state index in [1.807, 2.05) is 0 Å². The monoisotopic (exact) mass is 643 g/mol. The molecule has 4 heterocycles. The molecule has 0 unspecified atom stereocenters. The predicted molar refractivity (Wildman–Crippen MR) is 177 cm³/mol. The molecule has 1 amide bonds. The fourth-order valence-corrected chi connectivity index (χ4v) is 5.80. The number of benzene rings is 2. The molecular formula is C34H38FN7O5. The van der Waals surface area contributed by atoms with Crippen LogP contribution in [0.1, 0.15) is 22.6 Å². The molecule has 0 radical (unpaired) electrons. The van der Waals surface area contributed by atoms with Crippen molar-refractivity contribution in [2.45, 2.75) is 13.3 Å². The summed E-state index contributed by atoms with van der Waals surface area (Å²) in [7, 11) is 5.22. The predicted octanol–water partition coefficient (Wildman–Crippen LogP) is 4.57. The molecule has 2 aromatic carbocycles. The SMILES string of the molecule is COc1cc2c(Oc3ccc(NC(=O)c4c(C)n(-c5ccc[nH]5)c(=O)n4C)cc3F)ccnc2cc1OCCCN1CCN(C)CC1. The Morgan fingerprint density at radius 2 is 1.83 bits per heavy atom. The van der Waals surface area contributed by atoms with Gasteiger partial charge in [0.15, 0.2) is 23.1 Å². The van der Waals surface area contributed by atoms with Crippen LogP contribution in [0.5, 0.6) is 23.0 Å². The number of carbonyl (C=O) groups excluding carboxylic acids is 1. The Hall–Kier alpha value is -5.14. The van der Waals surface area contributed by atoms with E-state index in [0.29, 0.717) is 46.3 Å². The number of H-pyrrole nitrogens is 1. The third-order valence-corrected chi connectivity index (χ3v) is 8.40. The van der Waals surface area contributed by atoms with Gasteiger partial charge in [-0.25, -0.2) is 13.8 Å². The van der Waals surface area contributed by atoms with Crippen LogP contribution in [0.3, 0.4) is 0 Å². The average molecular weight is 644 g/mol. The highest BCUT2D eigenvalue weighted by atomic mass is 19.1. The van der Waals surface area contributed by atoms with Gasteiger partial charge in [-0.15, -0.1) is 0 Å². The second kappa shape index (κ2) is 13.7. The van der Waals surface area contributed by atoms with Crippen molar-refractivity contribution in [1.29, 1.82) is 0 Å². The first-order valence-electron chi connectivity index (χ1n) is 15.4. The highest BCUT2D eigenvalue weighted by Crippen LogP contribution is 2.38. The number of nitrogens with zero attached hydrogens (tertiary/aromatic N) is 5. The zero-order valence-corrected chi connectivity index (χ0v) is 26.9. The van der Waals surface area contributed by atoms with E-state index in [1.165, 1.54) is 34.4 Å². The smallest absolute Gasteiger partial charge is 0.334 e. The molecule has 246 valence electrons. The third-order valence-electron chi connectivity index (χ3n) is 8.40. The first kappa shape index (κ1) is 31.8. The number of halogens is 1. The van der Waals surface area contributed by atoms with Gasteiger partial charge in [0.2, 0.25) is 0 Å². The van der Waals surface area contributed by atoms with Crippen LogP contribution < -0.4 is 25.2 Å². The van der Waals surface area contributed by atoms with Crippen molar-refractivity contribution >= 4 is 22.5 Å². The molecule has 1 fully saturated rings. The number of aromatic nitrogens is 4. The molecule has 1 aliphatic rings. The van der Waals surface area contributed by atoms with Gasteiger partial charge in [-0.3, -0.25) is 14.3 Å². The molecule has 0 bridgehead atoms. The van der Waals surface area contributed by atoms with Crippen molar-refractivity contribution in [3.8, 4) is 28.8 Å². The lowest BCUT2D eigenvalue weighted by Gasteiger charge is -2.32. The van der Waals surface area contributed by atoms with E-state index in [2.05, 4.69) is 32.1 Å². The van der Waals surface area contributed by atoms with Crippen molar-refractivity contribution in [2.75, 3.05) is 58.8 Å². The summed E-state index contributed by atoms with van der Waals surface area (Å²) in [6, 6.07) is 12.8. The second-order valence-electron chi connectivity index (χ2n) is 11.5. The molecule has 12 nitrogen and oxygen atoms in total. The van der Waals surface area contributed by atoms with Crippen molar-refractivity contribution in [3.63, 3.8) is 0 Å². The number of pyridine rings is 1. The molecule has 2 N–H and O–H groups in total. The molecule has 13 heteroatoms. The minimum Gasteiger partial charge on any atom is -0.493 e. The van der Waals surface area contributed by atoms with Gasteiger partial charge < -0.3 is 34.3 Å². The number of hydrogen-bond acceptors (Lipinski definition) is 8. The summed E-state index contributed by atoms with van der Waals surface area (Å²) in [4.78, 5) is 38.3. The lowest BCUT2D eigenvalue weighted by atomic mass is 10.1. The molecule has 3 aromatic heterocycles. The minimum absolute atomic E-state index is 0.0415. The number of aromatic amines is 1. The van der Waals surface area contributed by atoms with Gasteiger partial charge in [0.1, 0.15) is 17.3 Å². The number of ether oxygens (including phenoxy) is 3. The number of fused-ring (bicyclic) bond motifs is 1. The van der Waals surface area contributed by atoms with Crippen molar-refractivity contribution in [2.24, 2.45) is 7.05 Å². The number of likely N-dealkylation sites (N-methyl/N-ethyl adjacent to an activating group) is 1. The molecule has 0 atom stereocenters. The number of imidazole rings is 1. The van der Waals surface area contributed by atoms with Crippen LogP contribution in [0.4, 0.5) is 10.1 Å². The van der Waals surface area contributed by atoms with Crippen LogP contribution >= 0.6 is 0 Å². The highest BCUT2D eigenvalue weighted by Gasteiger charge is 2.23. The second-order valence-corrected chi connectivity index (χ2v) is 11.5. The number of hydrogen-bond donors (Lipinski definition) is 2. The average Bonchev–Trinajstić information content (AvgIpc) is 3.66. The number of amides is 1. The van der Waals surface area contributed by atoms with Crippen LogP contribution in [-0.2, 0) is 7.05 Å². The van der Waals surface area contributed by atoms with E-state index in [-0.39, 0.29) is 22.8 Å². The van der Waals surface area contributed by atoms with Crippen molar-refractivity contribution < 1.29 is 23.4 Å². The van der Waals surface area contributed by atoms with Crippen LogP contribution in [0.15, 0.2) is 65.7 Å². The van der Waals surface area contributed by atoms with E-state index in [9.17, 15) is 9.59 Å². The Morgan fingerprint density at radius 3 is 2.55 bits per heavy atom. The molecule has 5 aromatic rings. The van der Waals surface area contributed by atoms with Gasteiger partial charge in [-0.2, -0.15) is 0 Å². The van der Waals surface area contributed by atoms with Crippen LogP contribution in [0.2, 0.25) is 0 Å². The summed E-state index contributed by atoms with van der Waals surface area (Å²) in [6.45, 7) is 7.45. The highest BCUT2D eigenvalue weighted by molar-refractivity contribution is 6.04. The number of nitrogens with one attached hydrogen (secondary N) is 2. The van der Waals surface area contributed by atoms with Gasteiger partial charge in [-0.1, -0.05) is 0 Å². The summed E-state index contributed by atoms with van der Waals surface area (Å²) in [5, 5.41) is 3.31. The first-order valence-corrected chi connectivity index (χ1v) is 15.4. The fourth-order valence-electron chi connectivity index (χ4n) is 5.80. The van der Waals surface area contributed by atoms with E-state index in [1.54, 1.807) is 56.8 Å². The molecule has 0 saturated carbocycles. The third kappa shape index (κ3) is 6.71. The molecular weight excluding hydrogens is 605 g/mol. The number of rotatable bonds is 11. The largest absolute Gasteiger partial charge is 0.493 e. The number of piperazine rings is 1. The minimum atomic E-state index is -0.686. The Kier molecular flexibility index (Phi) is 9.27. The van der Waals surface area contributed by atoms with Crippen LogP contribution in [-0.4, -0.2) is 88.3 Å². The van der Waals surface area contributed by atoms with E-state index in [4.69, 9.17) is 14.2 Å². The summed E-state index contributed by atoms with van der Waals surface area (Å²) >= 11 is 0. The maximum Gasteiger partial charge on any atom is 0.334 e. The molecule has 6 rings (SSSR count). The quantitative estimate of drug-likeness (QED) is 0.201. The lowest BCUT2D eigenvalue weighted by molar-refractivity contribution is 0.101. The van der Waals surface area contributed by atoms with Gasteiger partial charge in [-0.05, 0) is 56.8 Å². The van der Waals surface area contributed by atoms with Crippen molar-refractivity contribution in [1.82, 2.24) is 28.9 Å².